The molecule has 1 aromatic heterocycles. The highest BCUT2D eigenvalue weighted by Crippen LogP contribution is 2.30. The predicted molar refractivity (Wildman–Crippen MR) is 108 cm³/mol. The summed E-state index contributed by atoms with van der Waals surface area (Å²) in [5.41, 5.74) is 1.29. The minimum absolute atomic E-state index is 0.601. The van der Waals surface area contributed by atoms with E-state index < -0.39 is 0 Å². The smallest absolute Gasteiger partial charge is 0.131 e. The first-order valence-corrected chi connectivity index (χ1v) is 11.2. The van der Waals surface area contributed by atoms with Gasteiger partial charge in [0.1, 0.15) is 5.82 Å². The number of aromatic nitrogens is 2. The van der Waals surface area contributed by atoms with Gasteiger partial charge in [-0.15, -0.1) is 0 Å². The monoisotopic (exact) mass is 372 g/mol. The van der Waals surface area contributed by atoms with Crippen molar-refractivity contribution in [2.45, 2.75) is 76.3 Å². The third-order valence-electron chi connectivity index (χ3n) is 6.71. The van der Waals surface area contributed by atoms with Crippen LogP contribution >= 0.6 is 0 Å². The van der Waals surface area contributed by atoms with Crippen LogP contribution in [0.15, 0.2) is 12.4 Å². The molecule has 2 saturated heterocycles. The number of likely N-dealkylation sites (tertiary alicyclic amines) is 1. The largest absolute Gasteiger partial charge is 0.379 e. The third kappa shape index (κ3) is 5.49. The van der Waals surface area contributed by atoms with E-state index >= 15 is 0 Å². The van der Waals surface area contributed by atoms with Crippen LogP contribution in [0, 0.1) is 0 Å². The average molecular weight is 373 g/mol. The van der Waals surface area contributed by atoms with E-state index in [1.807, 2.05) is 0 Å². The Labute approximate surface area is 164 Å². The zero-order valence-corrected chi connectivity index (χ0v) is 16.8. The first kappa shape index (κ1) is 19.3. The van der Waals surface area contributed by atoms with Gasteiger partial charge in [-0.25, -0.2) is 9.97 Å². The molecule has 3 fully saturated rings. The van der Waals surface area contributed by atoms with Gasteiger partial charge in [0.2, 0.25) is 0 Å². The van der Waals surface area contributed by atoms with Gasteiger partial charge in [0.05, 0.1) is 13.2 Å². The number of rotatable bonds is 6. The Morgan fingerprint density at radius 3 is 2.41 bits per heavy atom. The van der Waals surface area contributed by atoms with Crippen LogP contribution in [-0.4, -0.2) is 65.2 Å². The van der Waals surface area contributed by atoms with Gasteiger partial charge in [0.25, 0.3) is 0 Å². The fourth-order valence-electron chi connectivity index (χ4n) is 5.00. The standard InChI is InChI=1S/C22H36N4O/c1-2-6-20(7-3-1)22-23-16-19(17-24-22)18-26-10-5-4-8-21(26)9-11-25-12-14-27-15-13-25/h16-17,20-21H,1-15,18H2/t21-/m1/s1. The molecule has 2 aliphatic heterocycles. The fraction of sp³-hybridized carbons (Fsp3) is 0.818. The molecular weight excluding hydrogens is 336 g/mol. The highest BCUT2D eigenvalue weighted by atomic mass is 16.5. The molecule has 3 aliphatic rings. The predicted octanol–water partition coefficient (Wildman–Crippen LogP) is 3.60. The Bertz CT molecular complexity index is 552. The third-order valence-corrected chi connectivity index (χ3v) is 6.71. The van der Waals surface area contributed by atoms with Gasteiger partial charge in [0, 0.05) is 49.6 Å². The van der Waals surface area contributed by atoms with Gasteiger partial charge in [-0.1, -0.05) is 25.7 Å². The molecule has 1 aromatic rings. The van der Waals surface area contributed by atoms with Crippen molar-refractivity contribution in [2.24, 2.45) is 0 Å². The van der Waals surface area contributed by atoms with Crippen molar-refractivity contribution in [3.63, 3.8) is 0 Å². The van der Waals surface area contributed by atoms with Gasteiger partial charge >= 0.3 is 0 Å². The van der Waals surface area contributed by atoms with E-state index in [9.17, 15) is 0 Å². The molecule has 1 saturated carbocycles. The lowest BCUT2D eigenvalue weighted by Gasteiger charge is -2.37. The van der Waals surface area contributed by atoms with Gasteiger partial charge in [-0.3, -0.25) is 9.80 Å². The summed E-state index contributed by atoms with van der Waals surface area (Å²) >= 11 is 0. The van der Waals surface area contributed by atoms with E-state index in [0.717, 1.165) is 38.7 Å². The van der Waals surface area contributed by atoms with Crippen molar-refractivity contribution in [3.8, 4) is 0 Å². The zero-order chi connectivity index (χ0) is 18.3. The van der Waals surface area contributed by atoms with Crippen LogP contribution in [-0.2, 0) is 11.3 Å². The summed E-state index contributed by atoms with van der Waals surface area (Å²) in [4.78, 5) is 14.8. The second-order valence-corrected chi connectivity index (χ2v) is 8.65. The van der Waals surface area contributed by atoms with Gasteiger partial charge < -0.3 is 4.74 Å². The summed E-state index contributed by atoms with van der Waals surface area (Å²) in [7, 11) is 0. The molecule has 1 atom stereocenters. The van der Waals surface area contributed by atoms with Crippen LogP contribution in [0.4, 0.5) is 0 Å². The van der Waals surface area contributed by atoms with Gasteiger partial charge in [0.15, 0.2) is 0 Å². The number of nitrogens with zero attached hydrogens (tertiary/aromatic N) is 4. The second kappa shape index (κ2) is 9.94. The molecular formula is C22H36N4O. The lowest BCUT2D eigenvalue weighted by Crippen LogP contribution is -2.43. The average Bonchev–Trinajstić information content (AvgIpc) is 2.75. The lowest BCUT2D eigenvalue weighted by atomic mass is 9.89. The number of hydrogen-bond donors (Lipinski definition) is 0. The van der Waals surface area contributed by atoms with Crippen LogP contribution in [0.25, 0.3) is 0 Å². The molecule has 150 valence electrons. The molecule has 5 heteroatoms. The van der Waals surface area contributed by atoms with Gasteiger partial charge in [-0.05, 0) is 45.2 Å². The first-order chi connectivity index (χ1) is 13.4. The quantitative estimate of drug-likeness (QED) is 0.763. The van der Waals surface area contributed by atoms with Crippen molar-refractivity contribution < 1.29 is 4.74 Å². The van der Waals surface area contributed by atoms with Crippen molar-refractivity contribution >= 4 is 0 Å². The normalized spacial score (nSPS) is 26.3. The van der Waals surface area contributed by atoms with E-state index in [1.54, 1.807) is 0 Å². The molecule has 3 heterocycles. The summed E-state index contributed by atoms with van der Waals surface area (Å²) < 4.78 is 5.48. The van der Waals surface area contributed by atoms with E-state index in [2.05, 4.69) is 22.2 Å². The molecule has 0 unspecified atom stereocenters. The molecule has 4 rings (SSSR count). The minimum Gasteiger partial charge on any atom is -0.379 e. The molecule has 1 aliphatic carbocycles. The van der Waals surface area contributed by atoms with Crippen LogP contribution in [0.3, 0.4) is 0 Å². The zero-order valence-electron chi connectivity index (χ0n) is 16.8. The minimum atomic E-state index is 0.601. The SMILES string of the molecule is c1nc(C2CCCCC2)ncc1CN1CCCC[C@@H]1CCN1CCOCC1. The van der Waals surface area contributed by atoms with Crippen LogP contribution < -0.4 is 0 Å². The molecule has 0 aromatic carbocycles. The topological polar surface area (TPSA) is 41.5 Å². The molecule has 27 heavy (non-hydrogen) atoms. The summed E-state index contributed by atoms with van der Waals surface area (Å²) in [5.74, 6) is 1.69. The Morgan fingerprint density at radius 2 is 1.63 bits per heavy atom. The molecule has 0 spiro atoms. The van der Waals surface area contributed by atoms with Crippen molar-refractivity contribution in [1.82, 2.24) is 19.8 Å². The van der Waals surface area contributed by atoms with E-state index in [-0.39, 0.29) is 0 Å². The van der Waals surface area contributed by atoms with E-state index in [0.29, 0.717) is 12.0 Å². The summed E-state index contributed by atoms with van der Waals surface area (Å²) in [6.07, 6.45) is 16.1. The summed E-state index contributed by atoms with van der Waals surface area (Å²) in [6, 6.07) is 0.708. The molecule has 0 bridgehead atoms. The lowest BCUT2D eigenvalue weighted by molar-refractivity contribution is 0.0302. The highest BCUT2D eigenvalue weighted by molar-refractivity contribution is 5.08. The van der Waals surface area contributed by atoms with Crippen molar-refractivity contribution in [3.05, 3.63) is 23.8 Å². The van der Waals surface area contributed by atoms with Gasteiger partial charge in [-0.2, -0.15) is 0 Å². The molecule has 0 amide bonds. The van der Waals surface area contributed by atoms with Crippen LogP contribution in [0.5, 0.6) is 0 Å². The summed E-state index contributed by atoms with van der Waals surface area (Å²) in [6.45, 7) is 7.45. The van der Waals surface area contributed by atoms with E-state index in [1.165, 1.54) is 76.4 Å². The second-order valence-electron chi connectivity index (χ2n) is 8.65. The Morgan fingerprint density at radius 1 is 0.889 bits per heavy atom. The highest BCUT2D eigenvalue weighted by Gasteiger charge is 2.24. The Kier molecular flexibility index (Phi) is 7.10. The number of piperidine rings is 1. The summed E-state index contributed by atoms with van der Waals surface area (Å²) in [5, 5.41) is 0. The molecule has 0 N–H and O–H groups in total. The fourth-order valence-corrected chi connectivity index (χ4v) is 5.00. The maximum absolute atomic E-state index is 5.48. The number of ether oxygens (including phenoxy) is 1. The first-order valence-electron chi connectivity index (χ1n) is 11.2. The van der Waals surface area contributed by atoms with E-state index in [4.69, 9.17) is 14.7 Å². The molecule has 5 nitrogen and oxygen atoms in total. The maximum atomic E-state index is 5.48. The maximum Gasteiger partial charge on any atom is 0.131 e. The van der Waals surface area contributed by atoms with Crippen molar-refractivity contribution in [2.75, 3.05) is 39.4 Å². The van der Waals surface area contributed by atoms with Crippen LogP contribution in [0.2, 0.25) is 0 Å². The molecule has 0 radical (unpaired) electrons. The Hall–Kier alpha value is -1.04. The number of hydrogen-bond acceptors (Lipinski definition) is 5. The Balaban J connectivity index is 1.30. The number of morpholine rings is 1. The van der Waals surface area contributed by atoms with Crippen molar-refractivity contribution in [1.29, 1.82) is 0 Å². The van der Waals surface area contributed by atoms with Crippen LogP contribution in [0.1, 0.15) is 75.1 Å².